The Kier molecular flexibility index (Phi) is 5.23. The molecule has 0 saturated carbocycles. The van der Waals surface area contributed by atoms with Gasteiger partial charge in [0.15, 0.2) is 17.3 Å². The van der Waals surface area contributed by atoms with Gasteiger partial charge in [-0.25, -0.2) is 8.42 Å². The van der Waals surface area contributed by atoms with Crippen molar-refractivity contribution in [3.05, 3.63) is 65.4 Å². The van der Waals surface area contributed by atoms with E-state index in [0.29, 0.717) is 18.0 Å². The van der Waals surface area contributed by atoms with Crippen molar-refractivity contribution < 1.29 is 22.7 Å². The first kappa shape index (κ1) is 22.6. The van der Waals surface area contributed by atoms with Crippen molar-refractivity contribution in [2.75, 3.05) is 12.5 Å². The summed E-state index contributed by atoms with van der Waals surface area (Å²) in [5.41, 5.74) is 2.73. The van der Waals surface area contributed by atoms with Gasteiger partial charge in [-0.15, -0.1) is 5.10 Å². The molecule has 0 unspecified atom stereocenters. The highest BCUT2D eigenvalue weighted by atomic mass is 32.3. The lowest BCUT2D eigenvalue weighted by Crippen LogP contribution is -2.35. The number of sulfone groups is 1. The molecule has 2 aromatic carbocycles. The number of benzene rings is 2. The molecule has 6 rings (SSSR count). The molecule has 1 aromatic heterocycles. The molecule has 0 bridgehead atoms. The first-order valence-electron chi connectivity index (χ1n) is 11.0. The van der Waals surface area contributed by atoms with Gasteiger partial charge in [0.2, 0.25) is 26.2 Å². The van der Waals surface area contributed by atoms with Crippen LogP contribution in [0.1, 0.15) is 18.1 Å². The summed E-state index contributed by atoms with van der Waals surface area (Å²) in [6, 6.07) is 13.6. The maximum Gasteiger partial charge on any atom is 0.283 e. The van der Waals surface area contributed by atoms with E-state index in [0.717, 1.165) is 38.8 Å². The maximum atomic E-state index is 12.9. The van der Waals surface area contributed by atoms with Crippen LogP contribution in [0.2, 0.25) is 0 Å². The number of nitrogens with one attached hydrogen (secondary N) is 1. The highest BCUT2D eigenvalue weighted by molar-refractivity contribution is 8.42. The van der Waals surface area contributed by atoms with Gasteiger partial charge in [-0.05, 0) is 41.6 Å². The monoisotopic (exact) mass is 521 g/mol. The summed E-state index contributed by atoms with van der Waals surface area (Å²) >= 11 is 0.784. The number of amidine groups is 2. The highest BCUT2D eigenvalue weighted by Crippen LogP contribution is 2.34. The fourth-order valence-corrected chi connectivity index (χ4v) is 6.30. The molecule has 0 fully saturated rings. The largest absolute Gasteiger partial charge is 0.454 e. The molecule has 12 heteroatoms. The van der Waals surface area contributed by atoms with E-state index in [1.807, 2.05) is 48.7 Å². The number of aliphatic imine (C=N–C) groups is 1. The Bertz CT molecular complexity index is 1670. The standard InChI is InChI=1S/C24H19N5O5S2/c1-2-36(31,32)24-27-29-21(25)17(22(30)26-23(29)35-24)10-15-12-28(18-6-4-3-5-16(15)18)11-14-7-8-19-20(9-14)34-13-33-19/h3-10,12,25H,2,11,13H2,1H3/b17-10-,25-21?. The lowest BCUT2D eigenvalue weighted by molar-refractivity contribution is -0.114. The van der Waals surface area contributed by atoms with Gasteiger partial charge >= 0.3 is 0 Å². The molecule has 4 heterocycles. The summed E-state index contributed by atoms with van der Waals surface area (Å²) < 4.78 is 37.3. The van der Waals surface area contributed by atoms with Crippen molar-refractivity contribution in [2.45, 2.75) is 13.5 Å². The van der Waals surface area contributed by atoms with Gasteiger partial charge in [-0.3, -0.25) is 10.2 Å². The second kappa shape index (κ2) is 8.35. The fraction of sp³-hybridized carbons (Fsp3) is 0.167. The number of carbonyl (C=O) groups is 1. The van der Waals surface area contributed by atoms with Crippen LogP contribution >= 0.6 is 11.8 Å². The number of amides is 1. The molecule has 3 aromatic rings. The number of aromatic nitrogens is 1. The van der Waals surface area contributed by atoms with Gasteiger partial charge in [-0.1, -0.05) is 31.2 Å². The number of hydrogen-bond acceptors (Lipinski definition) is 8. The molecule has 3 aliphatic heterocycles. The highest BCUT2D eigenvalue weighted by Gasteiger charge is 2.39. The molecule has 0 radical (unpaired) electrons. The Morgan fingerprint density at radius 3 is 2.81 bits per heavy atom. The summed E-state index contributed by atoms with van der Waals surface area (Å²) in [5.74, 6) is 0.457. The zero-order chi connectivity index (χ0) is 25.0. The molecule has 10 nitrogen and oxygen atoms in total. The number of thioether (sulfide) groups is 1. The van der Waals surface area contributed by atoms with Gasteiger partial charge in [0.05, 0.1) is 11.3 Å². The minimum Gasteiger partial charge on any atom is -0.454 e. The van der Waals surface area contributed by atoms with Crippen LogP contribution in [0.4, 0.5) is 0 Å². The smallest absolute Gasteiger partial charge is 0.283 e. The number of nitrogens with zero attached hydrogens (tertiary/aromatic N) is 4. The lowest BCUT2D eigenvalue weighted by Gasteiger charge is -2.19. The summed E-state index contributed by atoms with van der Waals surface area (Å²) in [6.07, 6.45) is 3.52. The summed E-state index contributed by atoms with van der Waals surface area (Å²) in [7, 11) is -3.59. The van der Waals surface area contributed by atoms with Gasteiger partial charge in [0.1, 0.15) is 0 Å². The van der Waals surface area contributed by atoms with Crippen molar-refractivity contribution in [3.8, 4) is 11.5 Å². The minimum atomic E-state index is -3.59. The molecule has 0 spiro atoms. The van der Waals surface area contributed by atoms with Crippen LogP contribution in [0, 0.1) is 5.41 Å². The third-order valence-corrected chi connectivity index (χ3v) is 9.08. The van der Waals surface area contributed by atoms with Gasteiger partial charge in [0.25, 0.3) is 5.91 Å². The first-order valence-corrected chi connectivity index (χ1v) is 13.5. The van der Waals surface area contributed by atoms with E-state index in [2.05, 4.69) is 14.7 Å². The average molecular weight is 522 g/mol. The Balaban J connectivity index is 1.38. The van der Waals surface area contributed by atoms with Crippen LogP contribution in [0.15, 0.2) is 64.3 Å². The number of fused-ring (bicyclic) bond motifs is 3. The topological polar surface area (TPSA) is 126 Å². The predicted octanol–water partition coefficient (Wildman–Crippen LogP) is 3.43. The molecule has 182 valence electrons. The number of carbonyl (C=O) groups excluding carboxylic acids is 1. The number of hydrazone groups is 1. The normalized spacial score (nSPS) is 18.1. The molecule has 0 atom stereocenters. The van der Waals surface area contributed by atoms with E-state index in [1.165, 1.54) is 6.92 Å². The fourth-order valence-electron chi connectivity index (χ4n) is 4.14. The molecule has 0 saturated heterocycles. The molecule has 3 aliphatic rings. The third kappa shape index (κ3) is 3.69. The van der Waals surface area contributed by atoms with E-state index in [9.17, 15) is 13.2 Å². The predicted molar refractivity (Wildman–Crippen MR) is 138 cm³/mol. The number of hydrogen-bond donors (Lipinski definition) is 1. The van der Waals surface area contributed by atoms with E-state index in [4.69, 9.17) is 14.9 Å². The van der Waals surface area contributed by atoms with Crippen molar-refractivity contribution in [1.29, 1.82) is 5.41 Å². The van der Waals surface area contributed by atoms with Crippen LogP contribution in [0.25, 0.3) is 17.0 Å². The molecular formula is C24H19N5O5S2. The van der Waals surface area contributed by atoms with E-state index < -0.39 is 15.7 Å². The van der Waals surface area contributed by atoms with Crippen molar-refractivity contribution >= 4 is 59.9 Å². The number of rotatable bonds is 4. The van der Waals surface area contributed by atoms with E-state index >= 15 is 0 Å². The number of ether oxygens (including phenoxy) is 2. The Hall–Kier alpha value is -3.90. The average Bonchev–Trinajstić information content (AvgIpc) is 3.59. The molecule has 1 N–H and O–H groups in total. The van der Waals surface area contributed by atoms with Crippen molar-refractivity contribution in [2.24, 2.45) is 10.1 Å². The number of para-hydroxylation sites is 1. The van der Waals surface area contributed by atoms with Crippen LogP contribution in [-0.2, 0) is 21.2 Å². The van der Waals surface area contributed by atoms with Crippen molar-refractivity contribution in [3.63, 3.8) is 0 Å². The van der Waals surface area contributed by atoms with Crippen LogP contribution in [-0.4, -0.2) is 51.8 Å². The molecule has 0 aliphatic carbocycles. The second-order valence-corrected chi connectivity index (χ2v) is 11.6. The zero-order valence-corrected chi connectivity index (χ0v) is 20.6. The Morgan fingerprint density at radius 1 is 1.17 bits per heavy atom. The Morgan fingerprint density at radius 2 is 1.97 bits per heavy atom. The SMILES string of the molecule is CCS(=O)(=O)C1=NN2C(=N)/C(=C/c3cn(Cc4ccc5c(c4)OCO5)c4ccccc34)C(=O)N=C2S1. The summed E-state index contributed by atoms with van der Waals surface area (Å²) in [5, 5.41) is 14.7. The molecule has 1 amide bonds. The van der Waals surface area contributed by atoms with Crippen LogP contribution in [0.3, 0.4) is 0 Å². The first-order chi connectivity index (χ1) is 17.3. The summed E-state index contributed by atoms with van der Waals surface area (Å²) in [4.78, 5) is 16.9. The van der Waals surface area contributed by atoms with E-state index in [-0.39, 0.29) is 33.5 Å². The van der Waals surface area contributed by atoms with Crippen molar-refractivity contribution in [1.82, 2.24) is 9.58 Å². The zero-order valence-electron chi connectivity index (χ0n) is 19.0. The third-order valence-electron chi connectivity index (χ3n) is 5.99. The molecule has 36 heavy (non-hydrogen) atoms. The maximum absolute atomic E-state index is 12.9. The summed E-state index contributed by atoms with van der Waals surface area (Å²) in [6.45, 7) is 2.27. The van der Waals surface area contributed by atoms with Gasteiger partial charge in [-0.2, -0.15) is 10.0 Å². The van der Waals surface area contributed by atoms with Gasteiger partial charge < -0.3 is 14.0 Å². The second-order valence-electron chi connectivity index (χ2n) is 8.21. The lowest BCUT2D eigenvalue weighted by atomic mass is 10.1. The minimum absolute atomic E-state index is 0.0317. The molecular weight excluding hydrogens is 502 g/mol. The Labute approximate surface area is 210 Å². The van der Waals surface area contributed by atoms with E-state index in [1.54, 1.807) is 6.08 Å². The quantitative estimate of drug-likeness (QED) is 0.521. The van der Waals surface area contributed by atoms with Crippen LogP contribution < -0.4 is 9.47 Å². The van der Waals surface area contributed by atoms with Crippen LogP contribution in [0.5, 0.6) is 11.5 Å². The van der Waals surface area contributed by atoms with Gasteiger partial charge in [0, 0.05) is 29.2 Å².